The standard InChI is InChI=1S/C56H65ClF2N8O6/c1-32-30-66(26-20-37(32)31-65-24-18-34(19-25-65)36-12-15-40-43(28-36)64(3)63-53(40)67-27-21-46(68)62-55(67)71)54(70)35-10-13-39(14-11-35)61-23-22-56(38-8-6-5-7-9-38)33(2)47-45(73-56)29-42(58)50(57)49(47)48-41(52(60)69)16-17-44(72-4)51(48)59/h5-9,12,15-17,28-29,32-35,37,39,61H,10-11,13-14,18-27,30-31H2,1-4H3,(H2,60,69)(H,62,68,71)/t32-,33?,35?,37+,39?,56-/m0/s1. The van der Waals surface area contributed by atoms with Crippen LogP contribution >= 0.6 is 11.6 Å². The second-order valence-corrected chi connectivity index (χ2v) is 21.4. The number of ether oxygens (including phenoxy) is 2. The van der Waals surface area contributed by atoms with Crippen LogP contribution in [0.3, 0.4) is 0 Å². The first-order valence-electron chi connectivity index (χ1n) is 25.9. The number of fused-ring (bicyclic) bond motifs is 2. The largest absolute Gasteiger partial charge is 0.494 e. The van der Waals surface area contributed by atoms with Crippen molar-refractivity contribution in [2.24, 2.45) is 30.5 Å². The first-order valence-corrected chi connectivity index (χ1v) is 26.3. The van der Waals surface area contributed by atoms with Crippen LogP contribution in [0.4, 0.5) is 19.4 Å². The molecule has 4 aromatic carbocycles. The number of carbonyl (C=O) groups excluding carboxylic acids is 4. The van der Waals surface area contributed by atoms with Gasteiger partial charge >= 0.3 is 6.03 Å². The number of hydrogen-bond acceptors (Lipinski definition) is 9. The topological polar surface area (TPSA) is 164 Å². The van der Waals surface area contributed by atoms with Crippen molar-refractivity contribution in [1.29, 1.82) is 0 Å². The number of likely N-dealkylation sites (tertiary alicyclic amines) is 2. The fourth-order valence-electron chi connectivity index (χ4n) is 12.7. The molecule has 5 heterocycles. The van der Waals surface area contributed by atoms with Gasteiger partial charge in [0, 0.05) is 92.1 Å². The van der Waals surface area contributed by atoms with Gasteiger partial charge in [0.25, 0.3) is 0 Å². The van der Waals surface area contributed by atoms with E-state index >= 15 is 8.78 Å². The van der Waals surface area contributed by atoms with E-state index in [1.54, 1.807) is 4.90 Å². The van der Waals surface area contributed by atoms with Gasteiger partial charge in [-0.3, -0.25) is 29.3 Å². The molecule has 0 spiro atoms. The Hall–Kier alpha value is -6.10. The Morgan fingerprint density at radius 1 is 0.945 bits per heavy atom. The van der Waals surface area contributed by atoms with Crippen LogP contribution < -0.4 is 30.7 Å². The number of anilines is 1. The third-order valence-corrected chi connectivity index (χ3v) is 17.2. The molecule has 5 aromatic rings. The molecule has 17 heteroatoms. The number of aromatic nitrogens is 2. The number of hydrogen-bond donors (Lipinski definition) is 3. The highest BCUT2D eigenvalue weighted by Crippen LogP contribution is 2.58. The number of halogens is 3. The molecule has 0 bridgehead atoms. The maximum absolute atomic E-state index is 16.2. The van der Waals surface area contributed by atoms with E-state index in [-0.39, 0.29) is 63.4 Å². The van der Waals surface area contributed by atoms with Crippen LogP contribution in [0, 0.1) is 29.4 Å². The Bertz CT molecular complexity index is 2940. The predicted molar refractivity (Wildman–Crippen MR) is 276 cm³/mol. The van der Waals surface area contributed by atoms with Gasteiger partial charge in [0.15, 0.2) is 17.4 Å². The summed E-state index contributed by atoms with van der Waals surface area (Å²) >= 11 is 6.71. The molecule has 73 heavy (non-hydrogen) atoms. The maximum atomic E-state index is 16.2. The quantitative estimate of drug-likeness (QED) is 0.104. The molecule has 4 N–H and O–H groups in total. The van der Waals surface area contributed by atoms with Gasteiger partial charge in [-0.15, -0.1) is 0 Å². The van der Waals surface area contributed by atoms with E-state index in [0.29, 0.717) is 48.6 Å². The second-order valence-electron chi connectivity index (χ2n) is 21.0. The monoisotopic (exact) mass is 1020 g/mol. The lowest BCUT2D eigenvalue weighted by molar-refractivity contribution is -0.139. The molecule has 4 aliphatic heterocycles. The summed E-state index contributed by atoms with van der Waals surface area (Å²) in [6, 6.07) is 19.8. The molecule has 4 atom stereocenters. The van der Waals surface area contributed by atoms with E-state index in [0.717, 1.165) is 94.1 Å². The molecule has 1 saturated carbocycles. The first kappa shape index (κ1) is 50.4. The van der Waals surface area contributed by atoms with E-state index in [9.17, 15) is 19.2 Å². The van der Waals surface area contributed by atoms with Crippen molar-refractivity contribution in [3.05, 3.63) is 106 Å². The number of methoxy groups -OCH3 is 1. The number of carbonyl (C=O) groups is 4. The number of urea groups is 1. The fraction of sp³-hybridized carbons (Fsp3) is 0.482. The van der Waals surface area contributed by atoms with Crippen molar-refractivity contribution in [3.8, 4) is 22.6 Å². The summed E-state index contributed by atoms with van der Waals surface area (Å²) in [6.07, 6.45) is 7.21. The SMILES string of the molecule is COc1ccc(C(N)=O)c(-c2c(Cl)c(F)cc3c2C(C)[C@@](CCNC2CCC(C(=O)N4CC[C@H](CN5CCC(c6ccc7c(N8CCC(=O)NC8=O)nn(C)c7c6)CC5)[C@@H](C)C4)CC2)(c2ccccc2)O3)c1F. The van der Waals surface area contributed by atoms with Gasteiger partial charge in [-0.1, -0.05) is 61.8 Å². The highest BCUT2D eigenvalue weighted by atomic mass is 35.5. The predicted octanol–water partition coefficient (Wildman–Crippen LogP) is 9.02. The number of piperidine rings is 2. The van der Waals surface area contributed by atoms with Crippen LogP contribution in [0.1, 0.15) is 111 Å². The summed E-state index contributed by atoms with van der Waals surface area (Å²) in [4.78, 5) is 57.3. The summed E-state index contributed by atoms with van der Waals surface area (Å²) in [6.45, 7) is 9.80. The number of imide groups is 1. The Morgan fingerprint density at radius 3 is 2.40 bits per heavy atom. The highest BCUT2D eigenvalue weighted by molar-refractivity contribution is 6.34. The Morgan fingerprint density at radius 2 is 1.70 bits per heavy atom. The van der Waals surface area contributed by atoms with E-state index in [4.69, 9.17) is 26.8 Å². The van der Waals surface area contributed by atoms with Crippen molar-refractivity contribution in [3.63, 3.8) is 0 Å². The number of nitrogens with two attached hydrogens (primary N) is 1. The number of primary amides is 1. The molecule has 1 aliphatic carbocycles. The molecule has 386 valence electrons. The van der Waals surface area contributed by atoms with Gasteiger partial charge in [-0.25, -0.2) is 13.6 Å². The van der Waals surface area contributed by atoms with Crippen LogP contribution in [-0.2, 0) is 22.2 Å². The zero-order valence-electron chi connectivity index (χ0n) is 42.0. The number of amides is 5. The molecule has 1 aromatic heterocycles. The summed E-state index contributed by atoms with van der Waals surface area (Å²) in [5.41, 5.74) is 7.98. The van der Waals surface area contributed by atoms with Crippen molar-refractivity contribution >= 4 is 52.1 Å². The molecule has 3 saturated heterocycles. The number of nitrogens with one attached hydrogen (secondary N) is 2. The summed E-state index contributed by atoms with van der Waals surface area (Å²) in [5.74, 6) is -1.03. The molecule has 4 fully saturated rings. The first-order chi connectivity index (χ1) is 35.1. The van der Waals surface area contributed by atoms with Crippen LogP contribution in [0.25, 0.3) is 22.0 Å². The van der Waals surface area contributed by atoms with E-state index in [1.807, 2.05) is 49.0 Å². The van der Waals surface area contributed by atoms with Gasteiger partial charge in [0.1, 0.15) is 17.2 Å². The lowest BCUT2D eigenvalue weighted by Gasteiger charge is -2.42. The lowest BCUT2D eigenvalue weighted by Crippen LogP contribution is -2.49. The van der Waals surface area contributed by atoms with Gasteiger partial charge in [0.2, 0.25) is 17.7 Å². The Kier molecular flexibility index (Phi) is 14.3. The summed E-state index contributed by atoms with van der Waals surface area (Å²) in [7, 11) is 3.20. The van der Waals surface area contributed by atoms with Crippen LogP contribution in [0.2, 0.25) is 5.02 Å². The minimum Gasteiger partial charge on any atom is -0.494 e. The lowest BCUT2D eigenvalue weighted by atomic mass is 9.75. The molecule has 1 unspecified atom stereocenters. The van der Waals surface area contributed by atoms with Crippen LogP contribution in [-0.4, -0.2) is 102 Å². The zero-order chi connectivity index (χ0) is 51.3. The Labute approximate surface area is 429 Å². The minimum absolute atomic E-state index is 0.00311. The third-order valence-electron chi connectivity index (χ3n) is 16.9. The molecular weight excluding hydrogens is 954 g/mol. The average Bonchev–Trinajstić information content (AvgIpc) is 3.87. The van der Waals surface area contributed by atoms with Gasteiger partial charge in [0.05, 0.1) is 23.2 Å². The molecule has 10 rings (SSSR count). The van der Waals surface area contributed by atoms with Crippen LogP contribution in [0.5, 0.6) is 11.5 Å². The van der Waals surface area contributed by atoms with Crippen molar-refractivity contribution in [1.82, 2.24) is 30.2 Å². The molecular formula is C56H65ClF2N8O6. The van der Waals surface area contributed by atoms with E-state index in [2.05, 4.69) is 50.7 Å². The van der Waals surface area contributed by atoms with Gasteiger partial charge in [-0.05, 0) is 118 Å². The summed E-state index contributed by atoms with van der Waals surface area (Å²) in [5, 5.41) is 11.4. The highest BCUT2D eigenvalue weighted by Gasteiger charge is 2.50. The smallest absolute Gasteiger partial charge is 0.329 e. The number of aryl methyl sites for hydroxylation is 1. The molecule has 5 aliphatic rings. The second kappa shape index (κ2) is 20.7. The van der Waals surface area contributed by atoms with Crippen molar-refractivity contribution in [2.45, 2.75) is 95.1 Å². The Balaban J connectivity index is 0.717. The average molecular weight is 1020 g/mol. The molecule has 5 amide bonds. The number of nitrogens with zero attached hydrogens (tertiary/aromatic N) is 5. The van der Waals surface area contributed by atoms with Crippen molar-refractivity contribution in [2.75, 3.05) is 57.8 Å². The minimum atomic E-state index is -1.000. The van der Waals surface area contributed by atoms with E-state index < -0.39 is 35.1 Å². The fourth-order valence-corrected chi connectivity index (χ4v) is 12.9. The van der Waals surface area contributed by atoms with E-state index in [1.165, 1.54) is 30.9 Å². The summed E-state index contributed by atoms with van der Waals surface area (Å²) < 4.78 is 45.9. The molecule has 0 radical (unpaired) electrons. The molecule has 14 nitrogen and oxygen atoms in total. The van der Waals surface area contributed by atoms with Crippen LogP contribution in [0.15, 0.2) is 66.7 Å². The van der Waals surface area contributed by atoms with Crippen molar-refractivity contribution < 1.29 is 37.4 Å². The maximum Gasteiger partial charge on any atom is 0.329 e. The number of benzene rings is 4. The van der Waals surface area contributed by atoms with Gasteiger partial charge in [-0.2, -0.15) is 5.10 Å². The normalized spacial score (nSPS) is 24.9. The zero-order valence-corrected chi connectivity index (χ0v) is 42.8. The van der Waals surface area contributed by atoms with Gasteiger partial charge < -0.3 is 30.3 Å². The third kappa shape index (κ3) is 9.55. The number of rotatable bonds is 13.